The molecule has 0 aromatic rings. The number of methoxy groups -OCH3 is 1. The summed E-state index contributed by atoms with van der Waals surface area (Å²) in [6, 6.07) is 0. The fourth-order valence-corrected chi connectivity index (χ4v) is 0.667. The maximum Gasteiger partial charge on any atom is 0.331 e. The van der Waals surface area contributed by atoms with Crippen molar-refractivity contribution < 1.29 is 14.3 Å². The molecule has 0 saturated heterocycles. The van der Waals surface area contributed by atoms with Crippen LogP contribution >= 0.6 is 0 Å². The molecule has 0 radical (unpaired) electrons. The minimum atomic E-state index is -0.281. The highest BCUT2D eigenvalue weighted by atomic mass is 16.6. The van der Waals surface area contributed by atoms with Gasteiger partial charge in [-0.05, 0) is 6.08 Å². The molecule has 0 N–H and O–H groups in total. The lowest BCUT2D eigenvalue weighted by atomic mass is 10.4. The summed E-state index contributed by atoms with van der Waals surface area (Å²) in [5.74, 6) is -0.281. The number of hydrogen-bond donors (Lipinski definition) is 0. The van der Waals surface area contributed by atoms with Crippen LogP contribution < -0.4 is 0 Å². The summed E-state index contributed by atoms with van der Waals surface area (Å²) in [7, 11) is 1.57. The van der Waals surface area contributed by atoms with Gasteiger partial charge in [0.15, 0.2) is 0 Å². The van der Waals surface area contributed by atoms with E-state index < -0.39 is 0 Å². The van der Waals surface area contributed by atoms with E-state index in [0.717, 1.165) is 0 Å². The molecule has 50 valence electrons. The number of ether oxygens (including phenoxy) is 2. The molecule has 1 rings (SSSR count). The van der Waals surface area contributed by atoms with E-state index in [1.807, 2.05) is 0 Å². The lowest BCUT2D eigenvalue weighted by Crippen LogP contribution is -2.13. The van der Waals surface area contributed by atoms with Crippen molar-refractivity contribution in [3.63, 3.8) is 0 Å². The Bertz CT molecular complexity index is 139. The van der Waals surface area contributed by atoms with Gasteiger partial charge in [0.05, 0.1) is 6.61 Å². The van der Waals surface area contributed by atoms with Crippen LogP contribution in [0.25, 0.3) is 0 Å². The van der Waals surface area contributed by atoms with E-state index >= 15 is 0 Å². The number of carbonyl (C=O) groups excluding carboxylic acids is 1. The van der Waals surface area contributed by atoms with Gasteiger partial charge in [-0.1, -0.05) is 0 Å². The van der Waals surface area contributed by atoms with Crippen molar-refractivity contribution in [3.05, 3.63) is 12.2 Å². The zero-order valence-electron chi connectivity index (χ0n) is 5.16. The Hall–Kier alpha value is -0.830. The smallest absolute Gasteiger partial charge is 0.331 e. The first-order valence-corrected chi connectivity index (χ1v) is 2.70. The van der Waals surface area contributed by atoms with Crippen molar-refractivity contribution >= 4 is 5.97 Å². The molecule has 0 spiro atoms. The number of carbonyl (C=O) groups is 1. The van der Waals surface area contributed by atoms with Crippen LogP contribution in [0.3, 0.4) is 0 Å². The topological polar surface area (TPSA) is 35.5 Å². The largest absolute Gasteiger partial charge is 0.452 e. The zero-order valence-corrected chi connectivity index (χ0v) is 5.16. The van der Waals surface area contributed by atoms with Gasteiger partial charge >= 0.3 is 5.97 Å². The average molecular weight is 128 g/mol. The summed E-state index contributed by atoms with van der Waals surface area (Å²) >= 11 is 0. The van der Waals surface area contributed by atoms with Crippen LogP contribution in [0.2, 0.25) is 0 Å². The molecular formula is C6H8O3. The van der Waals surface area contributed by atoms with Gasteiger partial charge in [0.2, 0.25) is 0 Å². The van der Waals surface area contributed by atoms with Gasteiger partial charge in [-0.3, -0.25) is 0 Å². The van der Waals surface area contributed by atoms with Gasteiger partial charge in [0, 0.05) is 13.2 Å². The minimum absolute atomic E-state index is 0.164. The third-order valence-electron chi connectivity index (χ3n) is 1.05. The highest BCUT2D eigenvalue weighted by Gasteiger charge is 2.14. The standard InChI is InChI=1S/C6H8O3/c1-8-4-5-2-3-6(7)9-5/h2-3,5H,4H2,1H3/t5-/m0/s1. The monoisotopic (exact) mass is 128 g/mol. The fourth-order valence-electron chi connectivity index (χ4n) is 0.667. The van der Waals surface area contributed by atoms with Crippen LogP contribution in [0.4, 0.5) is 0 Å². The van der Waals surface area contributed by atoms with Crippen molar-refractivity contribution in [2.75, 3.05) is 13.7 Å². The number of rotatable bonds is 2. The lowest BCUT2D eigenvalue weighted by Gasteiger charge is -2.04. The highest BCUT2D eigenvalue weighted by molar-refractivity contribution is 5.84. The zero-order chi connectivity index (χ0) is 6.69. The number of hydrogen-bond acceptors (Lipinski definition) is 3. The van der Waals surface area contributed by atoms with Crippen molar-refractivity contribution in [2.24, 2.45) is 0 Å². The second-order valence-electron chi connectivity index (χ2n) is 1.79. The molecule has 1 aliphatic rings. The van der Waals surface area contributed by atoms with Gasteiger partial charge in [0.1, 0.15) is 6.10 Å². The van der Waals surface area contributed by atoms with Crippen molar-refractivity contribution in [2.45, 2.75) is 6.10 Å². The molecule has 9 heavy (non-hydrogen) atoms. The normalized spacial score (nSPS) is 24.6. The lowest BCUT2D eigenvalue weighted by molar-refractivity contribution is -0.140. The summed E-state index contributed by atoms with van der Waals surface area (Å²) in [6.45, 7) is 0.447. The maximum absolute atomic E-state index is 10.4. The number of esters is 1. The van der Waals surface area contributed by atoms with E-state index in [0.29, 0.717) is 6.61 Å². The molecule has 0 aromatic carbocycles. The maximum atomic E-state index is 10.4. The molecule has 0 amide bonds. The van der Waals surface area contributed by atoms with Gasteiger partial charge in [-0.25, -0.2) is 4.79 Å². The van der Waals surface area contributed by atoms with Crippen LogP contribution in [0.5, 0.6) is 0 Å². The Kier molecular flexibility index (Phi) is 1.85. The molecule has 0 aromatic heterocycles. The quantitative estimate of drug-likeness (QED) is 0.495. The molecule has 0 aliphatic carbocycles. The first-order valence-electron chi connectivity index (χ1n) is 2.70. The molecule has 0 unspecified atom stereocenters. The van der Waals surface area contributed by atoms with E-state index in [9.17, 15) is 4.79 Å². The first kappa shape index (κ1) is 6.29. The Morgan fingerprint density at radius 2 is 2.67 bits per heavy atom. The Morgan fingerprint density at radius 3 is 3.11 bits per heavy atom. The van der Waals surface area contributed by atoms with E-state index in [1.165, 1.54) is 6.08 Å². The summed E-state index contributed by atoms with van der Waals surface area (Å²) in [6.07, 6.45) is 2.93. The first-order chi connectivity index (χ1) is 4.33. The van der Waals surface area contributed by atoms with Crippen LogP contribution in [-0.4, -0.2) is 25.8 Å². The second-order valence-corrected chi connectivity index (χ2v) is 1.79. The average Bonchev–Trinajstić information content (AvgIpc) is 2.17. The van der Waals surface area contributed by atoms with Crippen LogP contribution in [0, 0.1) is 0 Å². The Balaban J connectivity index is 2.32. The third kappa shape index (κ3) is 1.54. The van der Waals surface area contributed by atoms with E-state index in [-0.39, 0.29) is 12.1 Å². The van der Waals surface area contributed by atoms with Crippen molar-refractivity contribution in [1.29, 1.82) is 0 Å². The Morgan fingerprint density at radius 1 is 1.89 bits per heavy atom. The third-order valence-corrected chi connectivity index (χ3v) is 1.05. The predicted octanol–water partition coefficient (Wildman–Crippen LogP) is 0.114. The molecule has 1 heterocycles. The molecule has 1 aliphatic heterocycles. The van der Waals surface area contributed by atoms with Crippen LogP contribution in [0.15, 0.2) is 12.2 Å². The van der Waals surface area contributed by atoms with Crippen molar-refractivity contribution in [3.8, 4) is 0 Å². The van der Waals surface area contributed by atoms with E-state index in [2.05, 4.69) is 0 Å². The van der Waals surface area contributed by atoms with Crippen molar-refractivity contribution in [1.82, 2.24) is 0 Å². The van der Waals surface area contributed by atoms with Gasteiger partial charge in [-0.2, -0.15) is 0 Å². The minimum Gasteiger partial charge on any atom is -0.452 e. The van der Waals surface area contributed by atoms with Gasteiger partial charge < -0.3 is 9.47 Å². The predicted molar refractivity (Wildman–Crippen MR) is 30.9 cm³/mol. The summed E-state index contributed by atoms with van der Waals surface area (Å²) in [4.78, 5) is 10.4. The van der Waals surface area contributed by atoms with Gasteiger partial charge in [0.25, 0.3) is 0 Å². The molecule has 1 atom stereocenters. The molecule has 3 nitrogen and oxygen atoms in total. The molecule has 0 fully saturated rings. The Labute approximate surface area is 53.3 Å². The number of cyclic esters (lactones) is 1. The second kappa shape index (κ2) is 2.64. The molecule has 3 heteroatoms. The van der Waals surface area contributed by atoms with Crippen LogP contribution in [0.1, 0.15) is 0 Å². The van der Waals surface area contributed by atoms with E-state index in [4.69, 9.17) is 9.47 Å². The van der Waals surface area contributed by atoms with Gasteiger partial charge in [-0.15, -0.1) is 0 Å². The summed E-state index contributed by atoms with van der Waals surface area (Å²) in [5.41, 5.74) is 0. The van der Waals surface area contributed by atoms with E-state index in [1.54, 1.807) is 13.2 Å². The SMILES string of the molecule is COC[C@@H]1C=CC(=O)O1. The fraction of sp³-hybridized carbons (Fsp3) is 0.500. The molecular weight excluding hydrogens is 120 g/mol. The highest BCUT2D eigenvalue weighted by Crippen LogP contribution is 2.03. The summed E-state index contributed by atoms with van der Waals surface area (Å²) < 4.78 is 9.47. The summed E-state index contributed by atoms with van der Waals surface area (Å²) in [5, 5.41) is 0. The van der Waals surface area contributed by atoms with Crippen LogP contribution in [-0.2, 0) is 14.3 Å². The molecule has 0 saturated carbocycles. The molecule has 0 bridgehead atoms.